The van der Waals surface area contributed by atoms with Crippen LogP contribution in [0.4, 0.5) is 5.69 Å². The summed E-state index contributed by atoms with van der Waals surface area (Å²) < 4.78 is 11.1. The lowest BCUT2D eigenvalue weighted by Gasteiger charge is -2.21. The quantitative estimate of drug-likeness (QED) is 0.239. The van der Waals surface area contributed by atoms with Crippen LogP contribution in [0.15, 0.2) is 70.3 Å². The number of methoxy groups -OCH3 is 1. The Bertz CT molecular complexity index is 1020. The minimum atomic E-state index is 0. The van der Waals surface area contributed by atoms with Crippen molar-refractivity contribution in [2.24, 2.45) is 10.9 Å². The number of hydrogen-bond donors (Lipinski definition) is 2. The molecular weight excluding hydrogens is 529 g/mol. The van der Waals surface area contributed by atoms with E-state index < -0.39 is 0 Å². The van der Waals surface area contributed by atoms with Gasteiger partial charge in [-0.25, -0.2) is 9.98 Å². The van der Waals surface area contributed by atoms with Gasteiger partial charge in [0, 0.05) is 31.7 Å². The second kappa shape index (κ2) is 12.5. The average Bonchev–Trinajstić information content (AvgIpc) is 3.51. The Balaban J connectivity index is 0.00000306. The molecule has 3 aromatic rings. The number of benzene rings is 2. The van der Waals surface area contributed by atoms with E-state index in [1.165, 1.54) is 5.69 Å². The summed E-state index contributed by atoms with van der Waals surface area (Å²) in [5.74, 6) is 2.89. The lowest BCUT2D eigenvalue weighted by atomic mass is 10.1. The van der Waals surface area contributed by atoms with Gasteiger partial charge in [0.25, 0.3) is 0 Å². The highest BCUT2D eigenvalue weighted by molar-refractivity contribution is 14.0. The highest BCUT2D eigenvalue weighted by atomic mass is 127. The van der Waals surface area contributed by atoms with Crippen LogP contribution in [0, 0.1) is 5.92 Å². The van der Waals surface area contributed by atoms with E-state index in [-0.39, 0.29) is 24.0 Å². The van der Waals surface area contributed by atoms with Crippen LogP contribution in [0.3, 0.4) is 0 Å². The molecule has 1 saturated heterocycles. The standard InChI is InChI=1S/C25H31N5O2.HI/c1-3-26-25(28-16-21-18-32-24(29-21)20-9-5-4-6-10-20)27-15-19-13-14-30(17-19)22-11-7-8-12-23(22)31-2;/h4-12,18-19H,3,13-17H2,1-2H3,(H2,26,27,28);1H. The van der Waals surface area contributed by atoms with Gasteiger partial charge in [0.1, 0.15) is 17.7 Å². The Morgan fingerprint density at radius 2 is 1.94 bits per heavy atom. The van der Waals surface area contributed by atoms with Crippen molar-refractivity contribution in [1.29, 1.82) is 0 Å². The van der Waals surface area contributed by atoms with Crippen LogP contribution in [0.2, 0.25) is 0 Å². The van der Waals surface area contributed by atoms with E-state index in [0.29, 0.717) is 18.4 Å². The van der Waals surface area contributed by atoms with Crippen molar-refractivity contribution in [3.05, 3.63) is 66.6 Å². The smallest absolute Gasteiger partial charge is 0.226 e. The van der Waals surface area contributed by atoms with Gasteiger partial charge < -0.3 is 24.7 Å². The molecule has 1 aromatic heterocycles. The summed E-state index contributed by atoms with van der Waals surface area (Å²) in [6.07, 6.45) is 2.81. The van der Waals surface area contributed by atoms with E-state index in [1.807, 2.05) is 42.5 Å². The largest absolute Gasteiger partial charge is 0.495 e. The molecular formula is C25H32IN5O2. The normalized spacial score (nSPS) is 15.8. The third-order valence-corrected chi connectivity index (χ3v) is 5.59. The molecule has 7 nitrogen and oxygen atoms in total. The number of para-hydroxylation sites is 2. The molecule has 1 atom stereocenters. The number of halogens is 1. The van der Waals surface area contributed by atoms with Gasteiger partial charge >= 0.3 is 0 Å². The van der Waals surface area contributed by atoms with Crippen LogP contribution >= 0.6 is 24.0 Å². The monoisotopic (exact) mass is 561 g/mol. The molecule has 2 N–H and O–H groups in total. The summed E-state index contributed by atoms with van der Waals surface area (Å²) in [7, 11) is 1.73. The second-order valence-corrected chi connectivity index (χ2v) is 7.86. The number of oxazole rings is 1. The van der Waals surface area contributed by atoms with Crippen molar-refractivity contribution < 1.29 is 9.15 Å². The maximum atomic E-state index is 5.62. The van der Waals surface area contributed by atoms with Crippen molar-refractivity contribution in [1.82, 2.24) is 15.6 Å². The fraction of sp³-hybridized carbons (Fsp3) is 0.360. The van der Waals surface area contributed by atoms with Crippen molar-refractivity contribution in [3.63, 3.8) is 0 Å². The summed E-state index contributed by atoms with van der Waals surface area (Å²) in [5.41, 5.74) is 2.94. The molecule has 0 spiro atoms. The molecule has 0 bridgehead atoms. The Morgan fingerprint density at radius 3 is 2.73 bits per heavy atom. The SMILES string of the molecule is CCNC(=NCc1coc(-c2ccccc2)n1)NCC1CCN(c2ccccc2OC)C1.I. The molecule has 0 radical (unpaired) electrons. The number of anilines is 1. The lowest BCUT2D eigenvalue weighted by molar-refractivity contribution is 0.414. The summed E-state index contributed by atoms with van der Waals surface area (Å²) in [6.45, 7) is 6.23. The number of nitrogens with zero attached hydrogens (tertiary/aromatic N) is 3. The van der Waals surface area contributed by atoms with Gasteiger partial charge in [-0.05, 0) is 43.5 Å². The van der Waals surface area contributed by atoms with Crippen molar-refractivity contribution in [3.8, 4) is 17.2 Å². The van der Waals surface area contributed by atoms with E-state index in [9.17, 15) is 0 Å². The van der Waals surface area contributed by atoms with E-state index >= 15 is 0 Å². The second-order valence-electron chi connectivity index (χ2n) is 7.86. The number of aromatic nitrogens is 1. The molecule has 1 aliphatic heterocycles. The first-order valence-electron chi connectivity index (χ1n) is 11.2. The van der Waals surface area contributed by atoms with Crippen molar-refractivity contribution in [2.45, 2.75) is 19.9 Å². The zero-order chi connectivity index (χ0) is 22.2. The van der Waals surface area contributed by atoms with Gasteiger partial charge in [-0.15, -0.1) is 24.0 Å². The maximum absolute atomic E-state index is 5.62. The molecule has 2 heterocycles. The zero-order valence-corrected chi connectivity index (χ0v) is 21.5. The molecule has 2 aromatic carbocycles. The zero-order valence-electron chi connectivity index (χ0n) is 19.2. The number of rotatable bonds is 8. The molecule has 33 heavy (non-hydrogen) atoms. The Morgan fingerprint density at radius 1 is 1.15 bits per heavy atom. The van der Waals surface area contributed by atoms with Gasteiger partial charge in [-0.3, -0.25) is 0 Å². The third kappa shape index (κ3) is 6.63. The van der Waals surface area contributed by atoms with Gasteiger partial charge in [0.05, 0.1) is 19.3 Å². The molecule has 4 rings (SSSR count). The van der Waals surface area contributed by atoms with E-state index in [2.05, 4.69) is 39.6 Å². The molecule has 0 amide bonds. The van der Waals surface area contributed by atoms with Crippen molar-refractivity contribution >= 4 is 35.6 Å². The predicted molar refractivity (Wildman–Crippen MR) is 143 cm³/mol. The van der Waals surface area contributed by atoms with Crippen LogP contribution in [-0.2, 0) is 6.54 Å². The van der Waals surface area contributed by atoms with Crippen LogP contribution in [0.25, 0.3) is 11.5 Å². The van der Waals surface area contributed by atoms with Crippen LogP contribution in [0.1, 0.15) is 19.0 Å². The van der Waals surface area contributed by atoms with Gasteiger partial charge in [0.15, 0.2) is 5.96 Å². The Kier molecular flexibility index (Phi) is 9.41. The minimum Gasteiger partial charge on any atom is -0.495 e. The molecule has 0 saturated carbocycles. The number of guanidine groups is 1. The number of nitrogens with one attached hydrogen (secondary N) is 2. The van der Waals surface area contributed by atoms with Gasteiger partial charge in [-0.1, -0.05) is 30.3 Å². The molecule has 176 valence electrons. The summed E-state index contributed by atoms with van der Waals surface area (Å²) >= 11 is 0. The molecule has 0 aliphatic carbocycles. The average molecular weight is 561 g/mol. The number of ether oxygens (including phenoxy) is 1. The highest BCUT2D eigenvalue weighted by Gasteiger charge is 2.24. The van der Waals surface area contributed by atoms with E-state index in [4.69, 9.17) is 14.1 Å². The topological polar surface area (TPSA) is 74.9 Å². The summed E-state index contributed by atoms with van der Waals surface area (Å²) in [5, 5.41) is 6.82. The molecule has 1 fully saturated rings. The first-order valence-corrected chi connectivity index (χ1v) is 11.2. The first kappa shape index (κ1) is 24.9. The van der Waals surface area contributed by atoms with Crippen LogP contribution in [0.5, 0.6) is 5.75 Å². The Labute approximate surface area is 212 Å². The number of hydrogen-bond acceptors (Lipinski definition) is 5. The third-order valence-electron chi connectivity index (χ3n) is 5.59. The first-order chi connectivity index (χ1) is 15.8. The van der Waals surface area contributed by atoms with Gasteiger partial charge in [-0.2, -0.15) is 0 Å². The number of aliphatic imine (C=N–C) groups is 1. The molecule has 1 aliphatic rings. The summed E-state index contributed by atoms with van der Waals surface area (Å²) in [4.78, 5) is 11.7. The Hall–Kier alpha value is -2.75. The fourth-order valence-corrected chi connectivity index (χ4v) is 3.94. The fourth-order valence-electron chi connectivity index (χ4n) is 3.94. The van der Waals surface area contributed by atoms with Crippen LogP contribution in [-0.4, -0.2) is 44.2 Å². The molecule has 1 unspecified atom stereocenters. The van der Waals surface area contributed by atoms with E-state index in [1.54, 1.807) is 13.4 Å². The highest BCUT2D eigenvalue weighted by Crippen LogP contribution is 2.31. The van der Waals surface area contributed by atoms with Crippen molar-refractivity contribution in [2.75, 3.05) is 38.2 Å². The molecule has 8 heteroatoms. The van der Waals surface area contributed by atoms with Crippen LogP contribution < -0.4 is 20.3 Å². The summed E-state index contributed by atoms with van der Waals surface area (Å²) in [6, 6.07) is 18.1. The van der Waals surface area contributed by atoms with E-state index in [0.717, 1.165) is 55.6 Å². The maximum Gasteiger partial charge on any atom is 0.226 e. The van der Waals surface area contributed by atoms with Gasteiger partial charge in [0.2, 0.25) is 5.89 Å². The minimum absolute atomic E-state index is 0. The predicted octanol–water partition coefficient (Wildman–Crippen LogP) is 4.55. The lowest BCUT2D eigenvalue weighted by Crippen LogP contribution is -2.40.